The Bertz CT molecular complexity index is 590. The molecule has 3 heterocycles. The second kappa shape index (κ2) is 5.13. The lowest BCUT2D eigenvalue weighted by molar-refractivity contribution is 0.112. The van der Waals surface area contributed by atoms with Gasteiger partial charge in [-0.15, -0.1) is 0 Å². The van der Waals surface area contributed by atoms with E-state index in [9.17, 15) is 4.79 Å². The average molecular weight is 257 g/mol. The van der Waals surface area contributed by atoms with Crippen LogP contribution in [0, 0.1) is 5.92 Å². The Balaban J connectivity index is 1.84. The molecule has 0 bridgehead atoms. The maximum Gasteiger partial charge on any atom is 0.152 e. The summed E-state index contributed by atoms with van der Waals surface area (Å²) >= 11 is 0. The molecule has 1 atom stereocenters. The predicted octanol–water partition coefficient (Wildman–Crippen LogP) is 2.03. The van der Waals surface area contributed by atoms with Crippen molar-refractivity contribution in [2.45, 2.75) is 19.8 Å². The third-order valence-corrected chi connectivity index (χ3v) is 4.10. The van der Waals surface area contributed by atoms with Gasteiger partial charge in [0.1, 0.15) is 5.82 Å². The molecular formula is C15H19N3O. The SMILES string of the molecule is CCN1CCC(Cc2ncc3c(C=O)cccn23)C1. The van der Waals surface area contributed by atoms with Gasteiger partial charge in [-0.2, -0.15) is 0 Å². The van der Waals surface area contributed by atoms with Gasteiger partial charge in [0.05, 0.1) is 11.7 Å². The molecule has 4 heteroatoms. The number of hydrogen-bond acceptors (Lipinski definition) is 3. The van der Waals surface area contributed by atoms with Crippen molar-refractivity contribution < 1.29 is 4.79 Å². The van der Waals surface area contributed by atoms with Crippen LogP contribution in [0.4, 0.5) is 0 Å². The van der Waals surface area contributed by atoms with E-state index in [0.717, 1.165) is 30.6 Å². The standard InChI is InChI=1S/C15H19N3O/c1-2-17-7-5-12(10-17)8-15-16-9-14-13(11-19)4-3-6-18(14)15/h3-4,6,9,11-12H,2,5,7-8,10H2,1H3. The molecule has 100 valence electrons. The van der Waals surface area contributed by atoms with Gasteiger partial charge in [0.25, 0.3) is 0 Å². The fourth-order valence-corrected chi connectivity index (χ4v) is 2.97. The zero-order chi connectivity index (χ0) is 13.2. The summed E-state index contributed by atoms with van der Waals surface area (Å²) in [4.78, 5) is 18.0. The third-order valence-electron chi connectivity index (χ3n) is 4.10. The van der Waals surface area contributed by atoms with Crippen LogP contribution >= 0.6 is 0 Å². The molecule has 0 saturated carbocycles. The van der Waals surface area contributed by atoms with Gasteiger partial charge in [0.2, 0.25) is 0 Å². The Kier molecular flexibility index (Phi) is 3.34. The lowest BCUT2D eigenvalue weighted by Gasteiger charge is -2.12. The zero-order valence-electron chi connectivity index (χ0n) is 11.2. The van der Waals surface area contributed by atoms with Crippen LogP contribution in [0.15, 0.2) is 24.5 Å². The van der Waals surface area contributed by atoms with Crippen molar-refractivity contribution in [1.82, 2.24) is 14.3 Å². The van der Waals surface area contributed by atoms with Gasteiger partial charge in [-0.1, -0.05) is 6.92 Å². The highest BCUT2D eigenvalue weighted by Gasteiger charge is 2.22. The monoisotopic (exact) mass is 257 g/mol. The molecule has 1 aliphatic heterocycles. The van der Waals surface area contributed by atoms with E-state index in [0.29, 0.717) is 11.5 Å². The lowest BCUT2D eigenvalue weighted by Crippen LogP contribution is -2.20. The van der Waals surface area contributed by atoms with Crippen LogP contribution in [0.3, 0.4) is 0 Å². The topological polar surface area (TPSA) is 37.6 Å². The van der Waals surface area contributed by atoms with Gasteiger partial charge < -0.3 is 9.30 Å². The van der Waals surface area contributed by atoms with Gasteiger partial charge in [-0.3, -0.25) is 4.79 Å². The number of rotatable bonds is 4. The van der Waals surface area contributed by atoms with E-state index in [4.69, 9.17) is 0 Å². The second-order valence-corrected chi connectivity index (χ2v) is 5.26. The molecule has 1 saturated heterocycles. The Morgan fingerprint density at radius 2 is 2.42 bits per heavy atom. The first-order chi connectivity index (χ1) is 9.31. The molecule has 3 rings (SSSR count). The Labute approximate surface area is 113 Å². The van der Waals surface area contributed by atoms with Gasteiger partial charge in [-0.05, 0) is 37.6 Å². The fourth-order valence-electron chi connectivity index (χ4n) is 2.97. The zero-order valence-corrected chi connectivity index (χ0v) is 11.2. The van der Waals surface area contributed by atoms with Crippen molar-refractivity contribution in [2.24, 2.45) is 5.92 Å². The van der Waals surface area contributed by atoms with Gasteiger partial charge >= 0.3 is 0 Å². The molecule has 4 nitrogen and oxygen atoms in total. The van der Waals surface area contributed by atoms with E-state index >= 15 is 0 Å². The molecule has 2 aromatic rings. The number of likely N-dealkylation sites (tertiary alicyclic amines) is 1. The van der Waals surface area contributed by atoms with Gasteiger partial charge in [-0.25, -0.2) is 4.98 Å². The Hall–Kier alpha value is -1.68. The summed E-state index contributed by atoms with van der Waals surface area (Å²) in [6, 6.07) is 3.75. The number of fused-ring (bicyclic) bond motifs is 1. The minimum Gasteiger partial charge on any atom is -0.303 e. The largest absolute Gasteiger partial charge is 0.303 e. The smallest absolute Gasteiger partial charge is 0.152 e. The summed E-state index contributed by atoms with van der Waals surface area (Å²) in [6.45, 7) is 5.71. The van der Waals surface area contributed by atoms with Crippen LogP contribution in [-0.2, 0) is 6.42 Å². The molecule has 2 aromatic heterocycles. The minimum absolute atomic E-state index is 0.686. The normalized spacial score (nSPS) is 20.2. The molecule has 0 spiro atoms. The van der Waals surface area contributed by atoms with Crippen molar-refractivity contribution >= 4 is 11.8 Å². The average Bonchev–Trinajstić information content (AvgIpc) is 3.06. The maximum absolute atomic E-state index is 11.0. The number of hydrogen-bond donors (Lipinski definition) is 0. The van der Waals surface area contributed by atoms with Crippen LogP contribution in [0.5, 0.6) is 0 Å². The number of aromatic nitrogens is 2. The number of pyridine rings is 1. The molecule has 1 aliphatic rings. The van der Waals surface area contributed by atoms with Crippen LogP contribution in [0.2, 0.25) is 0 Å². The summed E-state index contributed by atoms with van der Waals surface area (Å²) in [5, 5.41) is 0. The van der Waals surface area contributed by atoms with Crippen molar-refractivity contribution in [3.05, 3.63) is 35.9 Å². The van der Waals surface area contributed by atoms with Crippen molar-refractivity contribution in [2.75, 3.05) is 19.6 Å². The summed E-state index contributed by atoms with van der Waals surface area (Å²) in [6.07, 6.45) is 6.95. The first-order valence-corrected chi connectivity index (χ1v) is 6.94. The van der Waals surface area contributed by atoms with E-state index in [1.54, 1.807) is 0 Å². The van der Waals surface area contributed by atoms with Crippen LogP contribution in [0.1, 0.15) is 29.5 Å². The molecule has 0 aromatic carbocycles. The molecule has 0 radical (unpaired) electrons. The maximum atomic E-state index is 11.0. The number of carbonyl (C=O) groups is 1. The Morgan fingerprint density at radius 3 is 3.16 bits per heavy atom. The van der Waals surface area contributed by atoms with Crippen molar-refractivity contribution in [3.63, 3.8) is 0 Å². The Morgan fingerprint density at radius 1 is 1.53 bits per heavy atom. The predicted molar refractivity (Wildman–Crippen MR) is 74.5 cm³/mol. The molecule has 0 aliphatic carbocycles. The lowest BCUT2D eigenvalue weighted by atomic mass is 10.0. The number of carbonyl (C=O) groups excluding carboxylic acids is 1. The van der Waals surface area contributed by atoms with Crippen molar-refractivity contribution in [3.8, 4) is 0 Å². The van der Waals surface area contributed by atoms with Gasteiger partial charge in [0, 0.05) is 24.7 Å². The molecule has 0 N–H and O–H groups in total. The summed E-state index contributed by atoms with van der Waals surface area (Å²) in [7, 11) is 0. The highest BCUT2D eigenvalue weighted by Crippen LogP contribution is 2.21. The second-order valence-electron chi connectivity index (χ2n) is 5.26. The van der Waals surface area contributed by atoms with E-state index in [-0.39, 0.29) is 0 Å². The third kappa shape index (κ3) is 2.28. The van der Waals surface area contributed by atoms with Gasteiger partial charge in [0.15, 0.2) is 6.29 Å². The highest BCUT2D eigenvalue weighted by atomic mass is 16.1. The molecule has 19 heavy (non-hydrogen) atoms. The van der Waals surface area contributed by atoms with Crippen LogP contribution in [-0.4, -0.2) is 40.2 Å². The van der Waals surface area contributed by atoms with E-state index < -0.39 is 0 Å². The summed E-state index contributed by atoms with van der Waals surface area (Å²) in [5.74, 6) is 1.76. The van der Waals surface area contributed by atoms with Crippen molar-refractivity contribution in [1.29, 1.82) is 0 Å². The quantitative estimate of drug-likeness (QED) is 0.787. The van der Waals surface area contributed by atoms with Crippen LogP contribution < -0.4 is 0 Å². The van der Waals surface area contributed by atoms with E-state index in [1.807, 2.05) is 24.5 Å². The van der Waals surface area contributed by atoms with Crippen LogP contribution in [0.25, 0.3) is 5.52 Å². The summed E-state index contributed by atoms with van der Waals surface area (Å²) in [5.41, 5.74) is 1.63. The number of imidazole rings is 1. The summed E-state index contributed by atoms with van der Waals surface area (Å²) < 4.78 is 2.05. The molecular weight excluding hydrogens is 238 g/mol. The first kappa shape index (κ1) is 12.4. The number of nitrogens with zero attached hydrogens (tertiary/aromatic N) is 3. The van der Waals surface area contributed by atoms with E-state index in [2.05, 4.69) is 21.2 Å². The highest BCUT2D eigenvalue weighted by molar-refractivity contribution is 5.85. The minimum atomic E-state index is 0.686. The molecule has 1 fully saturated rings. The van der Waals surface area contributed by atoms with E-state index in [1.165, 1.54) is 19.5 Å². The first-order valence-electron chi connectivity index (χ1n) is 6.94. The number of aldehydes is 1. The molecule has 0 amide bonds. The fraction of sp³-hybridized carbons (Fsp3) is 0.467. The molecule has 1 unspecified atom stereocenters.